The second-order valence-corrected chi connectivity index (χ2v) is 5.45. The molecule has 0 aromatic carbocycles. The van der Waals surface area contributed by atoms with Crippen LogP contribution in [-0.4, -0.2) is 17.3 Å². The molecule has 0 atom stereocenters. The van der Waals surface area contributed by atoms with Crippen LogP contribution in [0, 0.1) is 0 Å². The zero-order valence-corrected chi connectivity index (χ0v) is 10.4. The number of carbonyl (C=O) groups is 1. The Morgan fingerprint density at radius 3 is 2.50 bits per heavy atom. The topological polar surface area (TPSA) is 26.3 Å². The molecule has 0 saturated heterocycles. The van der Waals surface area contributed by atoms with E-state index in [-0.39, 0.29) is 10.7 Å². The van der Waals surface area contributed by atoms with Gasteiger partial charge in [-0.3, -0.25) is 4.79 Å². The molecule has 0 aromatic rings. The predicted octanol–water partition coefficient (Wildman–Crippen LogP) is 3.21. The molecule has 0 bridgehead atoms. The van der Waals surface area contributed by atoms with Crippen molar-refractivity contribution in [1.82, 2.24) is 0 Å². The molecule has 0 N–H and O–H groups in total. The van der Waals surface area contributed by atoms with Gasteiger partial charge in [0.05, 0.1) is 6.61 Å². The van der Waals surface area contributed by atoms with Crippen LogP contribution < -0.4 is 0 Å². The fraction of sp³-hybridized carbons (Fsp3) is 0.909. The number of carbonyl (C=O) groups excluding carboxylic acids is 1. The highest BCUT2D eigenvalue weighted by Gasteiger charge is 2.12. The van der Waals surface area contributed by atoms with Crippen molar-refractivity contribution in [2.75, 3.05) is 6.61 Å². The normalized spacial score (nSPS) is 11.4. The number of esters is 1. The van der Waals surface area contributed by atoms with E-state index in [0.29, 0.717) is 13.0 Å². The SMILES string of the molecule is CCCCCC(=O)OCCC(C)(C)S. The summed E-state index contributed by atoms with van der Waals surface area (Å²) in [5.74, 6) is -0.0731. The van der Waals surface area contributed by atoms with E-state index in [9.17, 15) is 4.79 Å². The summed E-state index contributed by atoms with van der Waals surface area (Å²) in [7, 11) is 0. The molecule has 0 unspecified atom stereocenters. The fourth-order valence-corrected chi connectivity index (χ4v) is 1.10. The Balaban J connectivity index is 3.36. The molecule has 0 fully saturated rings. The highest BCUT2D eigenvalue weighted by Crippen LogP contribution is 2.16. The van der Waals surface area contributed by atoms with Crippen molar-refractivity contribution < 1.29 is 9.53 Å². The Kier molecular flexibility index (Phi) is 7.06. The first-order valence-corrected chi connectivity index (χ1v) is 5.78. The fourth-order valence-electron chi connectivity index (χ4n) is 1.01. The van der Waals surface area contributed by atoms with Crippen LogP contribution in [0.2, 0.25) is 0 Å². The van der Waals surface area contributed by atoms with Gasteiger partial charge >= 0.3 is 5.97 Å². The number of thiol groups is 1. The smallest absolute Gasteiger partial charge is 0.305 e. The maximum absolute atomic E-state index is 11.2. The van der Waals surface area contributed by atoms with Crippen LogP contribution in [0.3, 0.4) is 0 Å². The zero-order valence-electron chi connectivity index (χ0n) is 9.51. The van der Waals surface area contributed by atoms with E-state index in [1.807, 2.05) is 13.8 Å². The van der Waals surface area contributed by atoms with Crippen LogP contribution in [0.5, 0.6) is 0 Å². The van der Waals surface area contributed by atoms with Gasteiger partial charge in [-0.25, -0.2) is 0 Å². The van der Waals surface area contributed by atoms with E-state index >= 15 is 0 Å². The van der Waals surface area contributed by atoms with E-state index in [1.54, 1.807) is 0 Å². The Labute approximate surface area is 92.8 Å². The molecule has 3 heteroatoms. The first-order chi connectivity index (χ1) is 6.45. The van der Waals surface area contributed by atoms with Crippen molar-refractivity contribution in [3.8, 4) is 0 Å². The summed E-state index contributed by atoms with van der Waals surface area (Å²) >= 11 is 4.35. The minimum absolute atomic E-state index is 0.0519. The van der Waals surface area contributed by atoms with Crippen LogP contribution >= 0.6 is 12.6 Å². The predicted molar refractivity (Wildman–Crippen MR) is 62.8 cm³/mol. The van der Waals surface area contributed by atoms with Crippen LogP contribution in [0.4, 0.5) is 0 Å². The third kappa shape index (κ3) is 9.90. The summed E-state index contributed by atoms with van der Waals surface area (Å²) in [6.07, 6.45) is 4.54. The van der Waals surface area contributed by atoms with Gasteiger partial charge in [-0.2, -0.15) is 12.6 Å². The largest absolute Gasteiger partial charge is 0.466 e. The standard InChI is InChI=1S/C11H22O2S/c1-4-5-6-7-10(12)13-9-8-11(2,3)14/h14H,4-9H2,1-3H3. The van der Waals surface area contributed by atoms with Crippen molar-refractivity contribution in [2.45, 2.75) is 57.6 Å². The number of hydrogen-bond donors (Lipinski definition) is 1. The summed E-state index contributed by atoms with van der Waals surface area (Å²) in [5, 5.41) is 0. The molecular weight excluding hydrogens is 196 g/mol. The van der Waals surface area contributed by atoms with Crippen molar-refractivity contribution >= 4 is 18.6 Å². The average Bonchev–Trinajstić information content (AvgIpc) is 2.02. The number of unbranched alkanes of at least 4 members (excludes halogenated alkanes) is 2. The lowest BCUT2D eigenvalue weighted by Gasteiger charge is -2.16. The molecule has 84 valence electrons. The average molecular weight is 218 g/mol. The number of ether oxygens (including phenoxy) is 1. The second-order valence-electron chi connectivity index (χ2n) is 4.24. The molecular formula is C11H22O2S. The molecule has 14 heavy (non-hydrogen) atoms. The van der Waals surface area contributed by atoms with Crippen molar-refractivity contribution in [1.29, 1.82) is 0 Å². The maximum Gasteiger partial charge on any atom is 0.305 e. The molecule has 0 aliphatic heterocycles. The molecule has 0 heterocycles. The monoisotopic (exact) mass is 218 g/mol. The van der Waals surface area contributed by atoms with Gasteiger partial charge in [0.2, 0.25) is 0 Å². The lowest BCUT2D eigenvalue weighted by atomic mass is 10.1. The molecule has 0 spiro atoms. The van der Waals surface area contributed by atoms with Crippen molar-refractivity contribution in [2.24, 2.45) is 0 Å². The second kappa shape index (κ2) is 7.16. The van der Waals surface area contributed by atoms with Crippen molar-refractivity contribution in [3.63, 3.8) is 0 Å². The van der Waals surface area contributed by atoms with Gasteiger partial charge in [0.1, 0.15) is 0 Å². The van der Waals surface area contributed by atoms with Gasteiger partial charge in [-0.15, -0.1) is 0 Å². The maximum atomic E-state index is 11.2. The van der Waals surface area contributed by atoms with E-state index in [1.165, 1.54) is 0 Å². The molecule has 0 rings (SSSR count). The first kappa shape index (κ1) is 13.8. The van der Waals surface area contributed by atoms with Crippen molar-refractivity contribution in [3.05, 3.63) is 0 Å². The van der Waals surface area contributed by atoms with E-state index < -0.39 is 0 Å². The summed E-state index contributed by atoms with van der Waals surface area (Å²) in [6, 6.07) is 0. The van der Waals surface area contributed by atoms with Gasteiger partial charge in [0, 0.05) is 11.2 Å². The Morgan fingerprint density at radius 2 is 2.00 bits per heavy atom. The summed E-state index contributed by atoms with van der Waals surface area (Å²) < 4.78 is 5.02. The molecule has 0 aliphatic rings. The molecule has 0 aliphatic carbocycles. The van der Waals surface area contributed by atoms with Crippen LogP contribution in [-0.2, 0) is 9.53 Å². The molecule has 0 aromatic heterocycles. The van der Waals surface area contributed by atoms with Gasteiger partial charge in [-0.1, -0.05) is 33.6 Å². The third-order valence-corrected chi connectivity index (χ3v) is 2.18. The Bertz CT molecular complexity index is 161. The van der Waals surface area contributed by atoms with Gasteiger partial charge in [0.15, 0.2) is 0 Å². The molecule has 0 radical (unpaired) electrons. The van der Waals surface area contributed by atoms with Gasteiger partial charge < -0.3 is 4.74 Å². The summed E-state index contributed by atoms with van der Waals surface area (Å²) in [4.78, 5) is 11.2. The van der Waals surface area contributed by atoms with Gasteiger partial charge in [0.25, 0.3) is 0 Å². The third-order valence-electron chi connectivity index (χ3n) is 1.96. The lowest BCUT2D eigenvalue weighted by molar-refractivity contribution is -0.143. The minimum Gasteiger partial charge on any atom is -0.466 e. The quantitative estimate of drug-likeness (QED) is 0.403. The Hall–Kier alpha value is -0.180. The highest BCUT2D eigenvalue weighted by molar-refractivity contribution is 7.81. The first-order valence-electron chi connectivity index (χ1n) is 5.33. The Morgan fingerprint density at radius 1 is 1.36 bits per heavy atom. The van der Waals surface area contributed by atoms with Gasteiger partial charge in [-0.05, 0) is 12.8 Å². The van der Waals surface area contributed by atoms with Crippen LogP contribution in [0.1, 0.15) is 52.9 Å². The van der Waals surface area contributed by atoms with E-state index in [0.717, 1.165) is 25.7 Å². The van der Waals surface area contributed by atoms with Crippen LogP contribution in [0.15, 0.2) is 0 Å². The summed E-state index contributed by atoms with van der Waals surface area (Å²) in [6.45, 7) is 6.64. The highest BCUT2D eigenvalue weighted by atomic mass is 32.1. The number of rotatable bonds is 7. The minimum atomic E-state index is -0.0731. The molecule has 0 amide bonds. The van der Waals surface area contributed by atoms with Crippen LogP contribution in [0.25, 0.3) is 0 Å². The molecule has 2 nitrogen and oxygen atoms in total. The number of hydrogen-bond acceptors (Lipinski definition) is 3. The molecule has 0 saturated carbocycles. The summed E-state index contributed by atoms with van der Waals surface area (Å²) in [5.41, 5.74) is 0. The van der Waals surface area contributed by atoms with E-state index in [2.05, 4.69) is 19.6 Å². The lowest BCUT2D eigenvalue weighted by Crippen LogP contribution is -2.16. The zero-order chi connectivity index (χ0) is 11.0. The van der Waals surface area contributed by atoms with E-state index in [4.69, 9.17) is 4.74 Å².